The number of hydrogen-bond donors (Lipinski definition) is 1. The lowest BCUT2D eigenvalue weighted by atomic mass is 10.1. The molecule has 1 heterocycles. The van der Waals surface area contributed by atoms with E-state index in [9.17, 15) is 0 Å². The Morgan fingerprint density at radius 1 is 1.23 bits per heavy atom. The van der Waals surface area contributed by atoms with Gasteiger partial charge >= 0.3 is 0 Å². The van der Waals surface area contributed by atoms with Crippen molar-refractivity contribution in [3.8, 4) is 11.4 Å². The van der Waals surface area contributed by atoms with Crippen LogP contribution < -0.4 is 5.32 Å². The average Bonchev–Trinajstić information content (AvgIpc) is 2.83. The van der Waals surface area contributed by atoms with Gasteiger partial charge in [-0.3, -0.25) is 4.90 Å². The normalized spacial score (nSPS) is 12.8. The van der Waals surface area contributed by atoms with Gasteiger partial charge < -0.3 is 9.88 Å². The minimum absolute atomic E-state index is 0.211. The summed E-state index contributed by atoms with van der Waals surface area (Å²) in [6, 6.07) is 10.4. The second-order valence-corrected chi connectivity index (χ2v) is 5.69. The molecule has 1 N–H and O–H groups in total. The summed E-state index contributed by atoms with van der Waals surface area (Å²) in [6.45, 7) is 7.15. The molecule has 0 bridgehead atoms. The summed E-state index contributed by atoms with van der Waals surface area (Å²) in [7, 11) is 4.02. The molecule has 4 nitrogen and oxygen atoms in total. The number of benzene rings is 1. The molecule has 0 aliphatic heterocycles. The molecule has 0 spiro atoms. The summed E-state index contributed by atoms with van der Waals surface area (Å²) in [5.74, 6) is 0.911. The fourth-order valence-electron chi connectivity index (χ4n) is 2.94. The van der Waals surface area contributed by atoms with Crippen molar-refractivity contribution in [2.24, 2.45) is 7.05 Å². The predicted octanol–water partition coefficient (Wildman–Crippen LogP) is 3.34. The number of aromatic nitrogens is 2. The second kappa shape index (κ2) is 7.77. The maximum atomic E-state index is 6.50. The number of nitrogens with zero attached hydrogens (tertiary/aromatic N) is 3. The highest BCUT2D eigenvalue weighted by Crippen LogP contribution is 2.31. The van der Waals surface area contributed by atoms with Crippen LogP contribution in [0.3, 0.4) is 0 Å². The highest BCUT2D eigenvalue weighted by molar-refractivity contribution is 6.30. The number of nitrogens with one attached hydrogen (secondary N) is 1. The topological polar surface area (TPSA) is 33.1 Å². The van der Waals surface area contributed by atoms with E-state index in [2.05, 4.69) is 45.7 Å². The summed E-state index contributed by atoms with van der Waals surface area (Å²) in [5, 5.41) is 3.87. The molecule has 0 amide bonds. The lowest BCUT2D eigenvalue weighted by Crippen LogP contribution is -2.36. The molecule has 1 aromatic carbocycles. The zero-order valence-corrected chi connectivity index (χ0v) is 14.6. The molecule has 120 valence electrons. The van der Waals surface area contributed by atoms with Crippen molar-refractivity contribution in [3.63, 3.8) is 0 Å². The molecule has 0 fully saturated rings. The Hall–Kier alpha value is -1.36. The SMILES string of the molecule is CCN(CC)C(CNC)c1c(Cl)nc(-c2ccccc2)n1C. The quantitative estimate of drug-likeness (QED) is 0.849. The molecule has 5 heteroatoms. The third-order valence-electron chi connectivity index (χ3n) is 4.09. The molecule has 0 aliphatic carbocycles. The summed E-state index contributed by atoms with van der Waals surface area (Å²) in [4.78, 5) is 7.01. The van der Waals surface area contributed by atoms with E-state index in [1.165, 1.54) is 0 Å². The Balaban J connectivity index is 2.48. The fraction of sp³-hybridized carbons (Fsp3) is 0.471. The van der Waals surface area contributed by atoms with Gasteiger partial charge in [0, 0.05) is 19.2 Å². The van der Waals surface area contributed by atoms with Crippen LogP contribution in [0.15, 0.2) is 30.3 Å². The van der Waals surface area contributed by atoms with E-state index in [4.69, 9.17) is 11.6 Å². The summed E-state index contributed by atoms with van der Waals surface area (Å²) < 4.78 is 2.12. The van der Waals surface area contributed by atoms with Crippen LogP contribution in [0.1, 0.15) is 25.6 Å². The highest BCUT2D eigenvalue weighted by Gasteiger charge is 2.26. The first-order valence-electron chi connectivity index (χ1n) is 7.80. The van der Waals surface area contributed by atoms with Crippen molar-refractivity contribution < 1.29 is 0 Å². The van der Waals surface area contributed by atoms with E-state index in [0.717, 1.165) is 36.7 Å². The monoisotopic (exact) mass is 320 g/mol. The van der Waals surface area contributed by atoms with Crippen molar-refractivity contribution in [1.29, 1.82) is 0 Å². The van der Waals surface area contributed by atoms with Crippen molar-refractivity contribution in [3.05, 3.63) is 41.2 Å². The molecule has 0 aliphatic rings. The maximum absolute atomic E-state index is 6.50. The molecule has 1 atom stereocenters. The molecule has 0 saturated heterocycles. The Morgan fingerprint density at radius 2 is 1.86 bits per heavy atom. The number of halogens is 1. The minimum Gasteiger partial charge on any atom is -0.328 e. The Bertz CT molecular complexity index is 590. The maximum Gasteiger partial charge on any atom is 0.152 e. The molecule has 1 aromatic heterocycles. The Morgan fingerprint density at radius 3 is 2.41 bits per heavy atom. The van der Waals surface area contributed by atoms with Gasteiger partial charge in [0.1, 0.15) is 5.82 Å². The average molecular weight is 321 g/mol. The smallest absolute Gasteiger partial charge is 0.152 e. The van der Waals surface area contributed by atoms with Gasteiger partial charge in [0.2, 0.25) is 0 Å². The molecule has 2 rings (SSSR count). The molecular formula is C17H25ClN4. The lowest BCUT2D eigenvalue weighted by molar-refractivity contribution is 0.209. The van der Waals surface area contributed by atoms with E-state index >= 15 is 0 Å². The first kappa shape index (κ1) is 17.0. The Kier molecular flexibility index (Phi) is 6.00. The summed E-state index contributed by atoms with van der Waals surface area (Å²) in [6.07, 6.45) is 0. The molecular weight excluding hydrogens is 296 g/mol. The number of likely N-dealkylation sites (N-methyl/N-ethyl adjacent to an activating group) is 2. The van der Waals surface area contributed by atoms with Gasteiger partial charge in [0.05, 0.1) is 11.7 Å². The van der Waals surface area contributed by atoms with Crippen LogP contribution in [0.4, 0.5) is 0 Å². The predicted molar refractivity (Wildman–Crippen MR) is 93.2 cm³/mol. The van der Waals surface area contributed by atoms with E-state index in [0.29, 0.717) is 5.15 Å². The standard InChI is InChI=1S/C17H25ClN4/c1-5-22(6-2)14(12-19-3)15-16(18)20-17(21(15)4)13-10-8-7-9-11-13/h7-11,14,19H,5-6,12H2,1-4H3. The summed E-state index contributed by atoms with van der Waals surface area (Å²) >= 11 is 6.50. The van der Waals surface area contributed by atoms with Crippen LogP contribution in [-0.2, 0) is 7.05 Å². The largest absolute Gasteiger partial charge is 0.328 e. The zero-order valence-electron chi connectivity index (χ0n) is 13.8. The fourth-order valence-corrected chi connectivity index (χ4v) is 3.27. The van der Waals surface area contributed by atoms with Crippen molar-refractivity contribution in [1.82, 2.24) is 19.8 Å². The molecule has 0 radical (unpaired) electrons. The molecule has 0 saturated carbocycles. The van der Waals surface area contributed by atoms with Gasteiger partial charge in [-0.05, 0) is 20.1 Å². The molecule has 2 aromatic rings. The van der Waals surface area contributed by atoms with E-state index < -0.39 is 0 Å². The van der Waals surface area contributed by atoms with Crippen molar-refractivity contribution >= 4 is 11.6 Å². The lowest BCUT2D eigenvalue weighted by Gasteiger charge is -2.30. The zero-order chi connectivity index (χ0) is 16.1. The molecule has 22 heavy (non-hydrogen) atoms. The van der Waals surface area contributed by atoms with Crippen LogP contribution in [0, 0.1) is 0 Å². The summed E-state index contributed by atoms with van der Waals surface area (Å²) in [5.41, 5.74) is 2.15. The molecule has 1 unspecified atom stereocenters. The third kappa shape index (κ3) is 3.35. The van der Waals surface area contributed by atoms with Crippen LogP contribution in [0.5, 0.6) is 0 Å². The number of imidazole rings is 1. The third-order valence-corrected chi connectivity index (χ3v) is 4.37. The van der Waals surface area contributed by atoms with Crippen LogP contribution in [0.25, 0.3) is 11.4 Å². The van der Waals surface area contributed by atoms with Gasteiger partial charge in [0.25, 0.3) is 0 Å². The van der Waals surface area contributed by atoms with Crippen LogP contribution in [-0.4, -0.2) is 41.1 Å². The van der Waals surface area contributed by atoms with Crippen molar-refractivity contribution in [2.75, 3.05) is 26.7 Å². The second-order valence-electron chi connectivity index (χ2n) is 5.33. The van der Waals surface area contributed by atoms with Gasteiger partial charge in [-0.15, -0.1) is 0 Å². The number of rotatable bonds is 7. The van der Waals surface area contributed by atoms with E-state index in [1.54, 1.807) is 0 Å². The van der Waals surface area contributed by atoms with Gasteiger partial charge in [-0.2, -0.15) is 0 Å². The van der Waals surface area contributed by atoms with Crippen LogP contribution >= 0.6 is 11.6 Å². The van der Waals surface area contributed by atoms with Gasteiger partial charge in [-0.25, -0.2) is 4.98 Å². The van der Waals surface area contributed by atoms with Gasteiger partial charge in [0.15, 0.2) is 5.15 Å². The van der Waals surface area contributed by atoms with Crippen LogP contribution in [0.2, 0.25) is 5.15 Å². The first-order chi connectivity index (χ1) is 10.6. The van der Waals surface area contributed by atoms with Crippen molar-refractivity contribution in [2.45, 2.75) is 19.9 Å². The first-order valence-corrected chi connectivity index (χ1v) is 8.17. The highest BCUT2D eigenvalue weighted by atomic mass is 35.5. The Labute approximate surface area is 138 Å². The minimum atomic E-state index is 0.211. The van der Waals surface area contributed by atoms with E-state index in [-0.39, 0.29) is 6.04 Å². The van der Waals surface area contributed by atoms with Gasteiger partial charge in [-0.1, -0.05) is 55.8 Å². The van der Waals surface area contributed by atoms with E-state index in [1.807, 2.05) is 32.3 Å². The number of hydrogen-bond acceptors (Lipinski definition) is 3.